The van der Waals surface area contributed by atoms with E-state index in [1.807, 2.05) is 0 Å². The van der Waals surface area contributed by atoms with Crippen LogP contribution in [0.5, 0.6) is 11.5 Å². The van der Waals surface area contributed by atoms with Gasteiger partial charge in [0.1, 0.15) is 29.8 Å². The first-order valence-electron chi connectivity index (χ1n) is 12.7. The normalized spacial score (nSPS) is 21.2. The van der Waals surface area contributed by atoms with Crippen molar-refractivity contribution in [3.05, 3.63) is 59.7 Å². The second-order valence-corrected chi connectivity index (χ2v) is 9.00. The number of carbonyl (C=O) groups is 4. The number of hydrogen-bond donors (Lipinski definition) is 0. The van der Waals surface area contributed by atoms with E-state index in [0.29, 0.717) is 19.4 Å². The Kier molecular flexibility index (Phi) is 10.1. The lowest BCUT2D eigenvalue weighted by Crippen LogP contribution is -2.34. The first kappa shape index (κ1) is 29.0. The molecule has 0 saturated carbocycles. The van der Waals surface area contributed by atoms with E-state index in [9.17, 15) is 19.2 Å². The molecule has 0 amide bonds. The van der Waals surface area contributed by atoms with E-state index in [4.69, 9.17) is 37.9 Å². The summed E-state index contributed by atoms with van der Waals surface area (Å²) in [7, 11) is 1.58. The summed E-state index contributed by atoms with van der Waals surface area (Å²) in [5.41, 5.74) is 0.499. The fourth-order valence-corrected chi connectivity index (χ4v) is 4.12. The average Bonchev–Trinajstić information content (AvgIpc) is 3.54. The zero-order valence-electron chi connectivity index (χ0n) is 22.1. The standard InChI is InChI=1S/C28H30O12/c1-17(29)34-13-3-4-14-35-28(32)39-21-11-7-18(8-12-21)26(30)38-20-9-5-19(6-10-20)27(31)40-23-16-37-24-22(33-2)15-36-25(23)24/h5-12,22-25H,3-4,13-16H2,1-2H3/t22-,23+,24?,25?/m1/s1. The van der Waals surface area contributed by atoms with Crippen LogP contribution in [-0.2, 0) is 33.2 Å². The molecule has 4 atom stereocenters. The van der Waals surface area contributed by atoms with Crippen LogP contribution in [0.25, 0.3) is 0 Å². The van der Waals surface area contributed by atoms with Crippen molar-refractivity contribution in [3.8, 4) is 11.5 Å². The van der Waals surface area contributed by atoms with Crippen LogP contribution >= 0.6 is 0 Å². The summed E-state index contributed by atoms with van der Waals surface area (Å²) >= 11 is 0. The van der Waals surface area contributed by atoms with E-state index in [-0.39, 0.29) is 66.7 Å². The SMILES string of the molecule is CO[C@@H]1COC2C1OC[C@@H]2OC(=O)c1ccc(OC(=O)c2ccc(OC(=O)OCCCCOC(C)=O)cc2)cc1. The number of esters is 3. The zero-order valence-corrected chi connectivity index (χ0v) is 22.1. The molecular formula is C28H30O12. The van der Waals surface area contributed by atoms with E-state index >= 15 is 0 Å². The summed E-state index contributed by atoms with van der Waals surface area (Å²) in [5, 5.41) is 0. The van der Waals surface area contributed by atoms with E-state index in [1.165, 1.54) is 55.5 Å². The third-order valence-corrected chi connectivity index (χ3v) is 6.18. The predicted molar refractivity (Wildman–Crippen MR) is 135 cm³/mol. The molecule has 2 aromatic rings. The molecule has 40 heavy (non-hydrogen) atoms. The van der Waals surface area contributed by atoms with Gasteiger partial charge in [0.2, 0.25) is 0 Å². The maximum atomic E-state index is 12.6. The van der Waals surface area contributed by atoms with Gasteiger partial charge in [-0.2, -0.15) is 0 Å². The molecule has 2 saturated heterocycles. The highest BCUT2D eigenvalue weighted by Crippen LogP contribution is 2.30. The minimum atomic E-state index is -0.892. The second-order valence-electron chi connectivity index (χ2n) is 9.00. The van der Waals surface area contributed by atoms with Crippen LogP contribution < -0.4 is 9.47 Å². The molecule has 0 N–H and O–H groups in total. The smallest absolute Gasteiger partial charge is 0.466 e. The van der Waals surface area contributed by atoms with Crippen molar-refractivity contribution in [1.29, 1.82) is 0 Å². The van der Waals surface area contributed by atoms with E-state index in [0.717, 1.165) is 0 Å². The Hall–Kier alpha value is -4.00. The molecule has 214 valence electrons. The van der Waals surface area contributed by atoms with Gasteiger partial charge in [0.05, 0.1) is 37.6 Å². The first-order chi connectivity index (χ1) is 19.3. The molecule has 2 heterocycles. The molecule has 0 bridgehead atoms. The number of benzene rings is 2. The van der Waals surface area contributed by atoms with Gasteiger partial charge in [-0.3, -0.25) is 4.79 Å². The summed E-state index contributed by atoms with van der Waals surface area (Å²) in [6.07, 6.45) is -1.20. The Morgan fingerprint density at radius 1 is 0.725 bits per heavy atom. The minimum absolute atomic E-state index is 0.111. The summed E-state index contributed by atoms with van der Waals surface area (Å²) in [4.78, 5) is 47.6. The van der Waals surface area contributed by atoms with Gasteiger partial charge in [0.25, 0.3) is 0 Å². The molecule has 2 aromatic carbocycles. The third-order valence-electron chi connectivity index (χ3n) is 6.18. The predicted octanol–water partition coefficient (Wildman–Crippen LogP) is 3.10. The Labute approximate surface area is 230 Å². The average molecular weight is 559 g/mol. The van der Waals surface area contributed by atoms with E-state index < -0.39 is 24.2 Å². The highest BCUT2D eigenvalue weighted by Gasteiger charge is 2.49. The topological polar surface area (TPSA) is 142 Å². The van der Waals surface area contributed by atoms with Crippen LogP contribution in [0.1, 0.15) is 40.5 Å². The van der Waals surface area contributed by atoms with Gasteiger partial charge in [-0.15, -0.1) is 0 Å². The maximum Gasteiger partial charge on any atom is 0.513 e. The molecule has 12 heteroatoms. The first-order valence-corrected chi connectivity index (χ1v) is 12.7. The van der Waals surface area contributed by atoms with Crippen molar-refractivity contribution in [1.82, 2.24) is 0 Å². The number of fused-ring (bicyclic) bond motifs is 1. The third kappa shape index (κ3) is 7.78. The van der Waals surface area contributed by atoms with Gasteiger partial charge in [0, 0.05) is 14.0 Å². The van der Waals surface area contributed by atoms with Gasteiger partial charge in [-0.05, 0) is 61.4 Å². The van der Waals surface area contributed by atoms with Crippen LogP contribution in [0.3, 0.4) is 0 Å². The highest BCUT2D eigenvalue weighted by molar-refractivity contribution is 5.92. The van der Waals surface area contributed by atoms with Crippen molar-refractivity contribution in [2.45, 2.75) is 44.2 Å². The van der Waals surface area contributed by atoms with Crippen LogP contribution in [-0.4, -0.2) is 82.0 Å². The number of hydrogen-bond acceptors (Lipinski definition) is 12. The molecule has 4 rings (SSSR count). The number of carbonyl (C=O) groups excluding carboxylic acids is 4. The van der Waals surface area contributed by atoms with E-state index in [2.05, 4.69) is 0 Å². The highest BCUT2D eigenvalue weighted by atomic mass is 16.7. The van der Waals surface area contributed by atoms with Crippen molar-refractivity contribution in [2.24, 2.45) is 0 Å². The summed E-state index contributed by atoms with van der Waals surface area (Å²) < 4.78 is 42.4. The molecule has 0 aliphatic carbocycles. The lowest BCUT2D eigenvalue weighted by atomic mass is 10.1. The molecule has 2 aliphatic heterocycles. The lowest BCUT2D eigenvalue weighted by molar-refractivity contribution is -0.141. The molecule has 2 fully saturated rings. The second kappa shape index (κ2) is 13.9. The summed E-state index contributed by atoms with van der Waals surface area (Å²) in [6, 6.07) is 11.7. The molecule has 0 radical (unpaired) electrons. The van der Waals surface area contributed by atoms with Crippen molar-refractivity contribution >= 4 is 24.1 Å². The van der Waals surface area contributed by atoms with Crippen LogP contribution in [0.4, 0.5) is 4.79 Å². The molecule has 0 spiro atoms. The molecule has 0 aromatic heterocycles. The fraction of sp³-hybridized carbons (Fsp3) is 0.429. The van der Waals surface area contributed by atoms with Crippen LogP contribution in [0, 0.1) is 0 Å². The fourth-order valence-electron chi connectivity index (χ4n) is 4.12. The van der Waals surface area contributed by atoms with Gasteiger partial charge in [-0.25, -0.2) is 14.4 Å². The number of methoxy groups -OCH3 is 1. The van der Waals surface area contributed by atoms with Gasteiger partial charge >= 0.3 is 24.1 Å². The number of ether oxygens (including phenoxy) is 8. The largest absolute Gasteiger partial charge is 0.513 e. The molecular weight excluding hydrogens is 528 g/mol. The quantitative estimate of drug-likeness (QED) is 0.131. The minimum Gasteiger partial charge on any atom is -0.466 e. The Balaban J connectivity index is 1.20. The lowest BCUT2D eigenvalue weighted by Gasteiger charge is -2.16. The summed E-state index contributed by atoms with van der Waals surface area (Å²) in [6.45, 7) is 2.29. The van der Waals surface area contributed by atoms with Crippen LogP contribution in [0.2, 0.25) is 0 Å². The van der Waals surface area contributed by atoms with Gasteiger partial charge in [-0.1, -0.05) is 0 Å². The Morgan fingerprint density at radius 3 is 1.85 bits per heavy atom. The molecule has 2 unspecified atom stereocenters. The Bertz CT molecular complexity index is 1180. The maximum absolute atomic E-state index is 12.6. The Morgan fingerprint density at radius 2 is 1.25 bits per heavy atom. The molecule has 2 aliphatic rings. The van der Waals surface area contributed by atoms with Crippen molar-refractivity contribution in [3.63, 3.8) is 0 Å². The molecule has 12 nitrogen and oxygen atoms in total. The van der Waals surface area contributed by atoms with Gasteiger partial charge in [0.15, 0.2) is 6.10 Å². The number of unbranched alkanes of at least 4 members (excludes halogenated alkanes) is 1. The monoisotopic (exact) mass is 558 g/mol. The number of rotatable bonds is 11. The van der Waals surface area contributed by atoms with Crippen molar-refractivity contribution in [2.75, 3.05) is 33.5 Å². The van der Waals surface area contributed by atoms with Gasteiger partial charge < -0.3 is 37.9 Å². The summed E-state index contributed by atoms with van der Waals surface area (Å²) in [5.74, 6) is -1.14. The van der Waals surface area contributed by atoms with E-state index in [1.54, 1.807) is 7.11 Å². The zero-order chi connectivity index (χ0) is 28.5. The van der Waals surface area contributed by atoms with Crippen LogP contribution in [0.15, 0.2) is 48.5 Å². The van der Waals surface area contributed by atoms with Crippen molar-refractivity contribution < 1.29 is 57.1 Å².